The molecule has 1 rings (SSSR count). The van der Waals surface area contributed by atoms with Gasteiger partial charge < -0.3 is 14.6 Å². The molecular formula is C19H31F3O4. The highest BCUT2D eigenvalue weighted by molar-refractivity contribution is 5.87. The van der Waals surface area contributed by atoms with E-state index < -0.39 is 30.0 Å². The molecule has 7 heteroatoms. The lowest BCUT2D eigenvalue weighted by Crippen LogP contribution is -2.49. The maximum absolute atomic E-state index is 12.9. The quantitative estimate of drug-likeness (QED) is 0.536. The first-order valence-electron chi connectivity index (χ1n) is 9.22. The van der Waals surface area contributed by atoms with Crippen molar-refractivity contribution in [2.45, 2.75) is 95.6 Å². The molecule has 0 amide bonds. The van der Waals surface area contributed by atoms with Crippen molar-refractivity contribution in [3.63, 3.8) is 0 Å². The fourth-order valence-electron chi connectivity index (χ4n) is 3.03. The molecule has 0 aromatic carbocycles. The van der Waals surface area contributed by atoms with Crippen molar-refractivity contribution in [3.05, 3.63) is 12.2 Å². The second-order valence-electron chi connectivity index (χ2n) is 7.54. The summed E-state index contributed by atoms with van der Waals surface area (Å²) < 4.78 is 49.9. The van der Waals surface area contributed by atoms with Gasteiger partial charge in [0.05, 0.1) is 12.2 Å². The Labute approximate surface area is 153 Å². The number of rotatable bonds is 6. The number of ether oxygens (including phenoxy) is 2. The van der Waals surface area contributed by atoms with E-state index in [-0.39, 0.29) is 6.10 Å². The molecule has 1 saturated carbocycles. The third kappa shape index (κ3) is 6.58. The van der Waals surface area contributed by atoms with Crippen molar-refractivity contribution < 1.29 is 32.5 Å². The van der Waals surface area contributed by atoms with E-state index in [9.17, 15) is 23.1 Å². The van der Waals surface area contributed by atoms with Crippen molar-refractivity contribution in [1.82, 2.24) is 0 Å². The molecule has 1 N–H and O–H groups in total. The summed E-state index contributed by atoms with van der Waals surface area (Å²) in [4.78, 5) is 11.8. The molecule has 1 aliphatic carbocycles. The van der Waals surface area contributed by atoms with Crippen molar-refractivity contribution in [1.29, 1.82) is 0 Å². The summed E-state index contributed by atoms with van der Waals surface area (Å²) in [6.07, 6.45) is 0.418. The van der Waals surface area contributed by atoms with Gasteiger partial charge in [-0.05, 0) is 52.4 Å². The van der Waals surface area contributed by atoms with E-state index in [0.717, 1.165) is 32.6 Å². The van der Waals surface area contributed by atoms with Gasteiger partial charge >= 0.3 is 12.1 Å². The van der Waals surface area contributed by atoms with Crippen LogP contribution in [-0.2, 0) is 14.3 Å². The fourth-order valence-corrected chi connectivity index (χ4v) is 3.03. The van der Waals surface area contributed by atoms with Crippen molar-refractivity contribution >= 4 is 5.97 Å². The van der Waals surface area contributed by atoms with E-state index >= 15 is 0 Å². The minimum atomic E-state index is -4.75. The smallest absolute Gasteiger partial charge is 0.419 e. The number of aliphatic hydroxyl groups is 1. The summed E-state index contributed by atoms with van der Waals surface area (Å²) in [5.74, 6) is -0.447. The summed E-state index contributed by atoms with van der Waals surface area (Å²) in [6.45, 7) is 6.94. The SMILES string of the molecule is C=C(C)C(=O)OC1CCCCCC(CC)(OCC(C)(O)C(F)(F)F)CC1. The van der Waals surface area contributed by atoms with Gasteiger partial charge in [0.1, 0.15) is 6.10 Å². The van der Waals surface area contributed by atoms with E-state index in [1.54, 1.807) is 6.92 Å². The Morgan fingerprint density at radius 3 is 2.42 bits per heavy atom. The molecule has 3 atom stereocenters. The molecule has 0 aliphatic heterocycles. The Morgan fingerprint density at radius 2 is 1.88 bits per heavy atom. The zero-order valence-electron chi connectivity index (χ0n) is 16.0. The Morgan fingerprint density at radius 1 is 1.23 bits per heavy atom. The Hall–Kier alpha value is -1.08. The minimum Gasteiger partial charge on any atom is -0.459 e. The van der Waals surface area contributed by atoms with Gasteiger partial charge in [0.25, 0.3) is 0 Å². The van der Waals surface area contributed by atoms with Crippen LogP contribution in [0.1, 0.15) is 72.1 Å². The average Bonchev–Trinajstić information content (AvgIpc) is 2.63. The molecule has 1 aliphatic rings. The van der Waals surface area contributed by atoms with Crippen LogP contribution in [0.4, 0.5) is 13.2 Å². The van der Waals surface area contributed by atoms with E-state index in [2.05, 4.69) is 6.58 Å². The number of carbonyl (C=O) groups excluding carboxylic acids is 1. The second kappa shape index (κ2) is 9.22. The second-order valence-corrected chi connectivity index (χ2v) is 7.54. The van der Waals surface area contributed by atoms with Gasteiger partial charge in [0.2, 0.25) is 0 Å². The van der Waals surface area contributed by atoms with Crippen LogP contribution < -0.4 is 0 Å². The molecule has 4 nitrogen and oxygen atoms in total. The Balaban J connectivity index is 2.81. The van der Waals surface area contributed by atoms with Gasteiger partial charge in [-0.15, -0.1) is 0 Å². The lowest BCUT2D eigenvalue weighted by Gasteiger charge is -2.37. The number of halogens is 3. The molecule has 0 spiro atoms. The topological polar surface area (TPSA) is 55.8 Å². The van der Waals surface area contributed by atoms with E-state index in [0.29, 0.717) is 31.3 Å². The number of hydrogen-bond acceptors (Lipinski definition) is 4. The molecule has 0 bridgehead atoms. The third-order valence-corrected chi connectivity index (χ3v) is 5.12. The lowest BCUT2D eigenvalue weighted by atomic mass is 9.88. The van der Waals surface area contributed by atoms with E-state index in [1.165, 1.54) is 0 Å². The Kier molecular flexibility index (Phi) is 8.14. The maximum atomic E-state index is 12.9. The first-order valence-corrected chi connectivity index (χ1v) is 9.22. The zero-order chi connectivity index (χ0) is 20.0. The van der Waals surface area contributed by atoms with Gasteiger partial charge in [-0.3, -0.25) is 0 Å². The lowest BCUT2D eigenvalue weighted by molar-refractivity contribution is -0.278. The predicted octanol–water partition coefficient (Wildman–Crippen LogP) is 4.70. The zero-order valence-corrected chi connectivity index (χ0v) is 16.0. The molecule has 0 heterocycles. The van der Waals surface area contributed by atoms with Gasteiger partial charge in [-0.25, -0.2) is 4.79 Å². The first-order chi connectivity index (χ1) is 11.9. The molecule has 26 heavy (non-hydrogen) atoms. The molecule has 0 aromatic heterocycles. The summed E-state index contributed by atoms with van der Waals surface area (Å²) in [5, 5.41) is 9.68. The van der Waals surface area contributed by atoms with Crippen molar-refractivity contribution in [2.75, 3.05) is 6.61 Å². The van der Waals surface area contributed by atoms with Crippen LogP contribution in [0.25, 0.3) is 0 Å². The monoisotopic (exact) mass is 380 g/mol. The fraction of sp³-hybridized carbons (Fsp3) is 0.842. The number of carbonyl (C=O) groups is 1. The van der Waals surface area contributed by atoms with Crippen LogP contribution in [-0.4, -0.2) is 41.2 Å². The minimum absolute atomic E-state index is 0.296. The number of esters is 1. The summed E-state index contributed by atoms with van der Waals surface area (Å²) in [5.41, 5.74) is -3.32. The van der Waals surface area contributed by atoms with Crippen LogP contribution in [0.3, 0.4) is 0 Å². The highest BCUT2D eigenvalue weighted by Crippen LogP contribution is 2.36. The maximum Gasteiger partial charge on any atom is 0.419 e. The van der Waals surface area contributed by atoms with Crippen LogP contribution in [0.15, 0.2) is 12.2 Å². The molecule has 0 aromatic rings. The van der Waals surface area contributed by atoms with Crippen LogP contribution >= 0.6 is 0 Å². The molecule has 152 valence electrons. The normalized spacial score (nSPS) is 27.6. The van der Waals surface area contributed by atoms with Crippen LogP contribution in [0.5, 0.6) is 0 Å². The summed E-state index contributed by atoms with van der Waals surface area (Å²) in [6, 6.07) is 0. The summed E-state index contributed by atoms with van der Waals surface area (Å²) >= 11 is 0. The van der Waals surface area contributed by atoms with Gasteiger partial charge in [0.15, 0.2) is 5.60 Å². The van der Waals surface area contributed by atoms with Gasteiger partial charge in [-0.2, -0.15) is 13.2 Å². The van der Waals surface area contributed by atoms with Crippen LogP contribution in [0, 0.1) is 0 Å². The first kappa shape index (κ1) is 23.0. The molecule has 1 fully saturated rings. The molecule has 0 saturated heterocycles. The largest absolute Gasteiger partial charge is 0.459 e. The molecule has 0 radical (unpaired) electrons. The third-order valence-electron chi connectivity index (χ3n) is 5.12. The van der Waals surface area contributed by atoms with Gasteiger partial charge in [-0.1, -0.05) is 26.3 Å². The van der Waals surface area contributed by atoms with Gasteiger partial charge in [0, 0.05) is 5.57 Å². The number of alkyl halides is 3. The predicted molar refractivity (Wildman–Crippen MR) is 92.7 cm³/mol. The highest BCUT2D eigenvalue weighted by Gasteiger charge is 2.51. The van der Waals surface area contributed by atoms with Crippen molar-refractivity contribution in [2.24, 2.45) is 0 Å². The highest BCUT2D eigenvalue weighted by atomic mass is 19.4. The van der Waals surface area contributed by atoms with E-state index in [1.807, 2.05) is 6.92 Å². The molecule has 3 unspecified atom stereocenters. The number of hydrogen-bond donors (Lipinski definition) is 1. The van der Waals surface area contributed by atoms with E-state index in [4.69, 9.17) is 9.47 Å². The molecular weight excluding hydrogens is 349 g/mol. The standard InChI is InChI=1S/C19H31F3O4/c1-5-18(25-13-17(4,24)19(20,21)22)11-8-6-7-9-15(10-12-18)26-16(23)14(2)3/h15,24H,2,5-13H2,1,3-4H3. The summed E-state index contributed by atoms with van der Waals surface area (Å²) in [7, 11) is 0. The average molecular weight is 380 g/mol. The van der Waals surface area contributed by atoms with Crippen molar-refractivity contribution in [3.8, 4) is 0 Å². The Bertz CT molecular complexity index is 488. The van der Waals surface area contributed by atoms with Crippen LogP contribution in [0.2, 0.25) is 0 Å².